The molecule has 2 aromatic rings. The van der Waals surface area contributed by atoms with Crippen LogP contribution < -0.4 is 10.2 Å². The highest BCUT2D eigenvalue weighted by atomic mass is 19.1. The third-order valence-corrected chi connectivity index (χ3v) is 3.53. The number of rotatable bonds is 7. The van der Waals surface area contributed by atoms with E-state index in [-0.39, 0.29) is 5.82 Å². The molecule has 0 aliphatic carbocycles. The molecule has 0 bridgehead atoms. The lowest BCUT2D eigenvalue weighted by molar-refractivity contribution is 0.585. The fraction of sp³-hybridized carbons (Fsp3) is 0.438. The van der Waals surface area contributed by atoms with E-state index in [0.29, 0.717) is 18.7 Å². The maximum Gasteiger partial charge on any atom is 0.129 e. The van der Waals surface area contributed by atoms with Crippen LogP contribution in [0, 0.1) is 5.82 Å². The Morgan fingerprint density at radius 1 is 1.38 bits per heavy atom. The standard InChI is InChI=1S/C16H23FN4/c1-4-8-18-11-13-14(17)6-5-7-15(13)21(3)12-16-19-9-10-20(16)2/h5-7,9-10,18H,4,8,11-12H2,1-3H3. The lowest BCUT2D eigenvalue weighted by Crippen LogP contribution is -2.23. The van der Waals surface area contributed by atoms with Gasteiger partial charge in [0.15, 0.2) is 0 Å². The van der Waals surface area contributed by atoms with Gasteiger partial charge >= 0.3 is 0 Å². The normalized spacial score (nSPS) is 10.9. The molecule has 1 aromatic heterocycles. The Labute approximate surface area is 125 Å². The summed E-state index contributed by atoms with van der Waals surface area (Å²) in [5.74, 6) is 0.789. The van der Waals surface area contributed by atoms with Crippen molar-refractivity contribution in [3.8, 4) is 0 Å². The van der Waals surface area contributed by atoms with E-state index < -0.39 is 0 Å². The summed E-state index contributed by atoms with van der Waals surface area (Å²) < 4.78 is 16.1. The summed E-state index contributed by atoms with van der Waals surface area (Å²) >= 11 is 0. The van der Waals surface area contributed by atoms with Gasteiger partial charge in [0.25, 0.3) is 0 Å². The number of hydrogen-bond donors (Lipinski definition) is 1. The summed E-state index contributed by atoms with van der Waals surface area (Å²) in [5, 5.41) is 3.27. The Morgan fingerprint density at radius 3 is 2.86 bits per heavy atom. The van der Waals surface area contributed by atoms with E-state index in [1.165, 1.54) is 6.07 Å². The van der Waals surface area contributed by atoms with Crippen LogP contribution in [0.25, 0.3) is 0 Å². The highest BCUT2D eigenvalue weighted by Gasteiger charge is 2.13. The molecular formula is C16H23FN4. The number of hydrogen-bond acceptors (Lipinski definition) is 3. The molecule has 2 rings (SSSR count). The van der Waals surface area contributed by atoms with Gasteiger partial charge in [0.1, 0.15) is 11.6 Å². The zero-order valence-electron chi connectivity index (χ0n) is 12.9. The number of nitrogens with zero attached hydrogens (tertiary/aromatic N) is 3. The van der Waals surface area contributed by atoms with Crippen LogP contribution in [0.1, 0.15) is 24.7 Å². The number of nitrogens with one attached hydrogen (secondary N) is 1. The van der Waals surface area contributed by atoms with E-state index in [9.17, 15) is 4.39 Å². The van der Waals surface area contributed by atoms with E-state index in [1.807, 2.05) is 35.8 Å². The predicted octanol–water partition coefficient (Wildman–Crippen LogP) is 2.70. The third-order valence-electron chi connectivity index (χ3n) is 3.53. The van der Waals surface area contributed by atoms with E-state index in [0.717, 1.165) is 24.5 Å². The summed E-state index contributed by atoms with van der Waals surface area (Å²) in [6, 6.07) is 5.22. The minimum atomic E-state index is -0.164. The molecule has 0 saturated carbocycles. The summed E-state index contributed by atoms with van der Waals surface area (Å²) in [5.41, 5.74) is 1.62. The van der Waals surface area contributed by atoms with Gasteiger partial charge in [-0.25, -0.2) is 9.37 Å². The second-order valence-corrected chi connectivity index (χ2v) is 5.22. The molecule has 0 aliphatic heterocycles. The van der Waals surface area contributed by atoms with Crippen molar-refractivity contribution in [3.05, 3.63) is 47.8 Å². The van der Waals surface area contributed by atoms with Gasteiger partial charge in [0.05, 0.1) is 6.54 Å². The van der Waals surface area contributed by atoms with Crippen LogP contribution in [0.2, 0.25) is 0 Å². The van der Waals surface area contributed by atoms with E-state index in [2.05, 4.69) is 17.2 Å². The SMILES string of the molecule is CCCNCc1c(F)cccc1N(C)Cc1nccn1C. The summed E-state index contributed by atoms with van der Waals surface area (Å²) in [6.07, 6.45) is 4.73. The van der Waals surface area contributed by atoms with Gasteiger partial charge in [0, 0.05) is 44.3 Å². The van der Waals surface area contributed by atoms with Gasteiger partial charge < -0.3 is 14.8 Å². The molecule has 1 heterocycles. The monoisotopic (exact) mass is 290 g/mol. The van der Waals surface area contributed by atoms with E-state index >= 15 is 0 Å². The minimum Gasteiger partial charge on any atom is -0.367 e. The number of imidazole rings is 1. The predicted molar refractivity (Wildman–Crippen MR) is 83.7 cm³/mol. The molecule has 0 aliphatic rings. The van der Waals surface area contributed by atoms with Crippen molar-refractivity contribution in [1.29, 1.82) is 0 Å². The van der Waals surface area contributed by atoms with Crippen LogP contribution in [0.3, 0.4) is 0 Å². The number of halogens is 1. The molecule has 0 atom stereocenters. The van der Waals surface area contributed by atoms with Gasteiger partial charge in [-0.15, -0.1) is 0 Å². The molecule has 0 unspecified atom stereocenters. The van der Waals surface area contributed by atoms with Crippen molar-refractivity contribution in [2.24, 2.45) is 7.05 Å². The Morgan fingerprint density at radius 2 is 2.19 bits per heavy atom. The molecule has 0 spiro atoms. The van der Waals surface area contributed by atoms with Gasteiger partial charge in [-0.3, -0.25) is 0 Å². The lowest BCUT2D eigenvalue weighted by atomic mass is 10.1. The first-order valence-corrected chi connectivity index (χ1v) is 7.29. The lowest BCUT2D eigenvalue weighted by Gasteiger charge is -2.23. The molecule has 0 fully saturated rings. The summed E-state index contributed by atoms with van der Waals surface area (Å²) in [6.45, 7) is 4.17. The van der Waals surface area contributed by atoms with Crippen molar-refractivity contribution < 1.29 is 4.39 Å². The average molecular weight is 290 g/mol. The number of aryl methyl sites for hydroxylation is 1. The fourth-order valence-electron chi connectivity index (χ4n) is 2.32. The molecule has 21 heavy (non-hydrogen) atoms. The first-order valence-electron chi connectivity index (χ1n) is 7.29. The second kappa shape index (κ2) is 7.22. The Hall–Kier alpha value is -1.88. The molecule has 1 N–H and O–H groups in total. The van der Waals surface area contributed by atoms with Gasteiger partial charge in [0.2, 0.25) is 0 Å². The van der Waals surface area contributed by atoms with Crippen LogP contribution >= 0.6 is 0 Å². The van der Waals surface area contributed by atoms with Crippen LogP contribution in [0.4, 0.5) is 10.1 Å². The minimum absolute atomic E-state index is 0.164. The Bertz CT molecular complexity index is 579. The molecule has 0 saturated heterocycles. The third kappa shape index (κ3) is 3.82. The number of anilines is 1. The van der Waals surface area contributed by atoms with E-state index in [1.54, 1.807) is 12.3 Å². The van der Waals surface area contributed by atoms with Crippen molar-refractivity contribution in [3.63, 3.8) is 0 Å². The van der Waals surface area contributed by atoms with Crippen molar-refractivity contribution in [2.75, 3.05) is 18.5 Å². The molecule has 114 valence electrons. The highest BCUT2D eigenvalue weighted by Crippen LogP contribution is 2.23. The van der Waals surface area contributed by atoms with Crippen LogP contribution in [-0.2, 0) is 20.1 Å². The average Bonchev–Trinajstić information content (AvgIpc) is 2.86. The molecule has 0 amide bonds. The topological polar surface area (TPSA) is 33.1 Å². The number of aromatic nitrogens is 2. The van der Waals surface area contributed by atoms with Gasteiger partial charge in [-0.2, -0.15) is 0 Å². The maximum atomic E-state index is 14.1. The molecular weight excluding hydrogens is 267 g/mol. The zero-order valence-corrected chi connectivity index (χ0v) is 12.9. The van der Waals surface area contributed by atoms with Crippen LogP contribution in [-0.4, -0.2) is 23.1 Å². The van der Waals surface area contributed by atoms with E-state index in [4.69, 9.17) is 0 Å². The highest BCUT2D eigenvalue weighted by molar-refractivity contribution is 5.53. The smallest absolute Gasteiger partial charge is 0.129 e. The first-order chi connectivity index (χ1) is 10.1. The Kier molecular flexibility index (Phi) is 5.33. The number of benzene rings is 1. The summed E-state index contributed by atoms with van der Waals surface area (Å²) in [7, 11) is 3.93. The Balaban J connectivity index is 2.17. The zero-order chi connectivity index (χ0) is 15.2. The summed E-state index contributed by atoms with van der Waals surface area (Å²) in [4.78, 5) is 6.36. The van der Waals surface area contributed by atoms with Gasteiger partial charge in [-0.05, 0) is 25.1 Å². The molecule has 1 aromatic carbocycles. The van der Waals surface area contributed by atoms with Crippen molar-refractivity contribution in [1.82, 2.24) is 14.9 Å². The molecule has 0 radical (unpaired) electrons. The quantitative estimate of drug-likeness (QED) is 0.796. The molecule has 5 heteroatoms. The van der Waals surface area contributed by atoms with Crippen molar-refractivity contribution in [2.45, 2.75) is 26.4 Å². The largest absolute Gasteiger partial charge is 0.367 e. The van der Waals surface area contributed by atoms with Crippen LogP contribution in [0.15, 0.2) is 30.6 Å². The first kappa shape index (κ1) is 15.5. The molecule has 4 nitrogen and oxygen atoms in total. The van der Waals surface area contributed by atoms with Crippen molar-refractivity contribution >= 4 is 5.69 Å². The van der Waals surface area contributed by atoms with Crippen LogP contribution in [0.5, 0.6) is 0 Å². The second-order valence-electron chi connectivity index (χ2n) is 5.22. The fourth-order valence-corrected chi connectivity index (χ4v) is 2.32. The van der Waals surface area contributed by atoms with Gasteiger partial charge in [-0.1, -0.05) is 13.0 Å². The maximum absolute atomic E-state index is 14.1.